The molecule has 0 aromatic rings. The van der Waals surface area contributed by atoms with Gasteiger partial charge in [-0.1, -0.05) is 0 Å². The van der Waals surface area contributed by atoms with Crippen LogP contribution in [0.1, 0.15) is 51.9 Å². The summed E-state index contributed by atoms with van der Waals surface area (Å²) in [5, 5.41) is 3.30. The van der Waals surface area contributed by atoms with Crippen LogP contribution in [0.25, 0.3) is 0 Å². The molecule has 0 aromatic heterocycles. The van der Waals surface area contributed by atoms with Crippen LogP contribution in [-0.2, 0) is 4.79 Å². The van der Waals surface area contributed by atoms with E-state index < -0.39 is 0 Å². The molecule has 1 amide bonds. The zero-order valence-electron chi connectivity index (χ0n) is 12.0. The Morgan fingerprint density at radius 3 is 2.26 bits per heavy atom. The lowest BCUT2D eigenvalue weighted by molar-refractivity contribution is -0.153. The van der Waals surface area contributed by atoms with Crippen molar-refractivity contribution >= 4 is 5.91 Å². The van der Waals surface area contributed by atoms with Crippen molar-refractivity contribution in [1.82, 2.24) is 10.2 Å². The molecular formula is C16H26N2O. The van der Waals surface area contributed by atoms with Gasteiger partial charge in [-0.3, -0.25) is 4.79 Å². The van der Waals surface area contributed by atoms with Gasteiger partial charge < -0.3 is 10.2 Å². The molecule has 4 saturated carbocycles. The first kappa shape index (κ1) is 12.2. The van der Waals surface area contributed by atoms with E-state index in [1.807, 2.05) is 0 Å². The van der Waals surface area contributed by atoms with Gasteiger partial charge >= 0.3 is 0 Å². The van der Waals surface area contributed by atoms with E-state index in [2.05, 4.69) is 17.1 Å². The number of amides is 1. The molecule has 0 radical (unpaired) electrons. The van der Waals surface area contributed by atoms with Crippen LogP contribution < -0.4 is 5.32 Å². The predicted molar refractivity (Wildman–Crippen MR) is 74.7 cm³/mol. The highest BCUT2D eigenvalue weighted by Gasteiger charge is 2.55. The normalized spacial score (nSPS) is 49.5. The molecule has 4 aliphatic carbocycles. The summed E-state index contributed by atoms with van der Waals surface area (Å²) in [6.07, 6.45) is 9.38. The minimum atomic E-state index is 0.247. The number of carbonyl (C=O) groups is 1. The number of nitrogens with one attached hydrogen (secondary N) is 1. The van der Waals surface area contributed by atoms with E-state index in [-0.39, 0.29) is 5.54 Å². The van der Waals surface area contributed by atoms with Gasteiger partial charge in [-0.25, -0.2) is 0 Å². The minimum Gasteiger partial charge on any atom is -0.333 e. The molecule has 5 aliphatic rings. The predicted octanol–water partition coefficient (Wildman–Crippen LogP) is 2.17. The summed E-state index contributed by atoms with van der Waals surface area (Å²) in [4.78, 5) is 14.9. The summed E-state index contributed by atoms with van der Waals surface area (Å²) >= 11 is 0. The van der Waals surface area contributed by atoms with E-state index in [0.717, 1.165) is 30.7 Å². The van der Waals surface area contributed by atoms with Gasteiger partial charge in [0.25, 0.3) is 0 Å². The quantitative estimate of drug-likeness (QED) is 0.785. The largest absolute Gasteiger partial charge is 0.333 e. The van der Waals surface area contributed by atoms with Crippen molar-refractivity contribution in [3.63, 3.8) is 0 Å². The van der Waals surface area contributed by atoms with E-state index in [0.29, 0.717) is 18.5 Å². The second-order valence-electron chi connectivity index (χ2n) is 7.72. The molecule has 0 spiro atoms. The van der Waals surface area contributed by atoms with Crippen LogP contribution in [0.4, 0.5) is 0 Å². The molecule has 3 heteroatoms. The van der Waals surface area contributed by atoms with Crippen LogP contribution in [0, 0.1) is 17.8 Å². The van der Waals surface area contributed by atoms with Crippen molar-refractivity contribution in [3.05, 3.63) is 0 Å². The third-order valence-corrected chi connectivity index (χ3v) is 6.24. The SMILES string of the molecule is CC1CCNCC(=O)N1C12CC3CC(CC(C3)C1)C2. The van der Waals surface area contributed by atoms with Gasteiger partial charge in [-0.2, -0.15) is 0 Å². The third-order valence-electron chi connectivity index (χ3n) is 6.24. The fourth-order valence-electron chi connectivity index (χ4n) is 6.06. The van der Waals surface area contributed by atoms with E-state index in [9.17, 15) is 4.79 Å². The smallest absolute Gasteiger partial charge is 0.237 e. The van der Waals surface area contributed by atoms with Gasteiger partial charge in [-0.05, 0) is 76.2 Å². The summed E-state index contributed by atoms with van der Waals surface area (Å²) in [5.74, 6) is 3.12. The Labute approximate surface area is 116 Å². The van der Waals surface area contributed by atoms with Gasteiger partial charge in [0.05, 0.1) is 6.54 Å². The summed E-state index contributed by atoms with van der Waals surface area (Å²) in [6.45, 7) is 3.82. The standard InChI is InChI=1S/C16H26N2O/c1-11-2-3-17-10-15(19)18(11)16-7-12-4-13(8-16)6-14(5-12)9-16/h11-14,17H,2-10H2,1H3. The Bertz CT molecular complexity index is 357. The lowest BCUT2D eigenvalue weighted by atomic mass is 9.52. The number of rotatable bonds is 1. The van der Waals surface area contributed by atoms with Crippen LogP contribution in [-0.4, -0.2) is 35.5 Å². The maximum atomic E-state index is 12.6. The van der Waals surface area contributed by atoms with Crippen LogP contribution >= 0.6 is 0 Å². The van der Waals surface area contributed by atoms with Gasteiger partial charge in [0, 0.05) is 11.6 Å². The number of hydrogen-bond acceptors (Lipinski definition) is 2. The maximum Gasteiger partial charge on any atom is 0.237 e. The highest BCUT2D eigenvalue weighted by molar-refractivity contribution is 5.80. The molecule has 1 heterocycles. The fraction of sp³-hybridized carbons (Fsp3) is 0.938. The first-order valence-electron chi connectivity index (χ1n) is 8.19. The minimum absolute atomic E-state index is 0.247. The van der Waals surface area contributed by atoms with Crippen molar-refractivity contribution in [2.75, 3.05) is 13.1 Å². The molecule has 1 atom stereocenters. The molecule has 1 N–H and O–H groups in total. The highest BCUT2D eigenvalue weighted by Crippen LogP contribution is 2.58. The van der Waals surface area contributed by atoms with Gasteiger partial charge in [0.2, 0.25) is 5.91 Å². The summed E-state index contributed by atoms with van der Waals surface area (Å²) in [6, 6.07) is 0.429. The molecule has 4 bridgehead atoms. The van der Waals surface area contributed by atoms with E-state index >= 15 is 0 Å². The topological polar surface area (TPSA) is 32.3 Å². The summed E-state index contributed by atoms with van der Waals surface area (Å²) in [7, 11) is 0. The summed E-state index contributed by atoms with van der Waals surface area (Å²) in [5.41, 5.74) is 0.247. The average molecular weight is 262 g/mol. The Kier molecular flexibility index (Phi) is 2.70. The third kappa shape index (κ3) is 1.84. The molecule has 19 heavy (non-hydrogen) atoms. The first-order valence-corrected chi connectivity index (χ1v) is 8.19. The maximum absolute atomic E-state index is 12.6. The van der Waals surface area contributed by atoms with Gasteiger partial charge in [0.15, 0.2) is 0 Å². The van der Waals surface area contributed by atoms with Crippen LogP contribution in [0.2, 0.25) is 0 Å². The zero-order valence-corrected chi connectivity index (χ0v) is 12.0. The van der Waals surface area contributed by atoms with Crippen LogP contribution in [0.15, 0.2) is 0 Å². The lowest BCUT2D eigenvalue weighted by Gasteiger charge is -2.61. The van der Waals surface area contributed by atoms with E-state index in [1.165, 1.54) is 38.5 Å². The second-order valence-corrected chi connectivity index (χ2v) is 7.72. The number of nitrogens with zero attached hydrogens (tertiary/aromatic N) is 1. The van der Waals surface area contributed by atoms with Crippen molar-refractivity contribution in [1.29, 1.82) is 0 Å². The Morgan fingerprint density at radius 2 is 1.68 bits per heavy atom. The van der Waals surface area contributed by atoms with Crippen LogP contribution in [0.3, 0.4) is 0 Å². The molecular weight excluding hydrogens is 236 g/mol. The number of hydrogen-bond donors (Lipinski definition) is 1. The highest BCUT2D eigenvalue weighted by atomic mass is 16.2. The Hall–Kier alpha value is -0.570. The molecule has 0 aromatic carbocycles. The molecule has 5 rings (SSSR count). The summed E-state index contributed by atoms with van der Waals surface area (Å²) < 4.78 is 0. The van der Waals surface area contributed by atoms with Crippen molar-refractivity contribution in [2.45, 2.75) is 63.5 Å². The van der Waals surface area contributed by atoms with Crippen molar-refractivity contribution in [2.24, 2.45) is 17.8 Å². The molecule has 106 valence electrons. The molecule has 5 fully saturated rings. The van der Waals surface area contributed by atoms with Crippen molar-refractivity contribution < 1.29 is 4.79 Å². The van der Waals surface area contributed by atoms with Crippen molar-refractivity contribution in [3.8, 4) is 0 Å². The Morgan fingerprint density at radius 1 is 1.11 bits per heavy atom. The monoisotopic (exact) mass is 262 g/mol. The van der Waals surface area contributed by atoms with Gasteiger partial charge in [-0.15, -0.1) is 0 Å². The number of carbonyl (C=O) groups excluding carboxylic acids is 1. The first-order chi connectivity index (χ1) is 9.16. The van der Waals surface area contributed by atoms with E-state index in [1.54, 1.807) is 0 Å². The van der Waals surface area contributed by atoms with E-state index in [4.69, 9.17) is 0 Å². The fourth-order valence-corrected chi connectivity index (χ4v) is 6.06. The molecule has 3 nitrogen and oxygen atoms in total. The Balaban J connectivity index is 1.67. The van der Waals surface area contributed by atoms with Crippen LogP contribution in [0.5, 0.6) is 0 Å². The second kappa shape index (κ2) is 4.21. The molecule has 1 aliphatic heterocycles. The van der Waals surface area contributed by atoms with Gasteiger partial charge in [0.1, 0.15) is 0 Å². The zero-order chi connectivity index (χ0) is 13.0. The lowest BCUT2D eigenvalue weighted by Crippen LogP contribution is -2.64. The average Bonchev–Trinajstić information content (AvgIpc) is 2.48. The molecule has 1 saturated heterocycles. The molecule has 1 unspecified atom stereocenters.